The van der Waals surface area contributed by atoms with Crippen LogP contribution in [0.2, 0.25) is 5.02 Å². The highest BCUT2D eigenvalue weighted by atomic mass is 35.5. The van der Waals surface area contributed by atoms with Gasteiger partial charge in [-0.1, -0.05) is 17.7 Å². The van der Waals surface area contributed by atoms with E-state index in [1.807, 2.05) is 0 Å². The van der Waals surface area contributed by atoms with Gasteiger partial charge in [-0.2, -0.15) is 5.10 Å². The number of carboxylic acid groups (broad SMARTS) is 1. The van der Waals surface area contributed by atoms with Gasteiger partial charge in [0.1, 0.15) is 17.1 Å². The summed E-state index contributed by atoms with van der Waals surface area (Å²) in [6, 6.07) is 5.35. The number of carbonyl (C=O) groups is 1. The smallest absolute Gasteiger partial charge is 0.341 e. The van der Waals surface area contributed by atoms with Crippen LogP contribution in [-0.4, -0.2) is 28.0 Å². The average molecular weight is 310 g/mol. The summed E-state index contributed by atoms with van der Waals surface area (Å²) in [5, 5.41) is 17.0. The number of aromatic nitrogens is 2. The Bertz CT molecular complexity index is 682. The minimum atomic E-state index is -1.02. The maximum atomic E-state index is 11.3. The molecule has 0 aliphatic carbocycles. The third-order valence-electron chi connectivity index (χ3n) is 3.16. The van der Waals surface area contributed by atoms with Gasteiger partial charge < -0.3 is 15.2 Å². The van der Waals surface area contributed by atoms with E-state index in [0.29, 0.717) is 28.8 Å². The molecule has 0 unspecified atom stereocenters. The van der Waals surface area contributed by atoms with Gasteiger partial charge in [0.2, 0.25) is 0 Å². The number of benzene rings is 1. The number of methoxy groups -OCH3 is 1. The Morgan fingerprint density at radius 2 is 2.24 bits per heavy atom. The number of halogens is 1. The number of aryl methyl sites for hydroxylation is 2. The lowest BCUT2D eigenvalue weighted by Crippen LogP contribution is -2.10. The number of aromatic carboxylic acids is 1. The minimum absolute atomic E-state index is 0.156. The van der Waals surface area contributed by atoms with Crippen molar-refractivity contribution < 1.29 is 14.6 Å². The third kappa shape index (κ3) is 2.95. The molecule has 7 heteroatoms. The Kier molecular flexibility index (Phi) is 4.37. The summed E-state index contributed by atoms with van der Waals surface area (Å²) in [6.07, 6.45) is 0. The molecule has 112 valence electrons. The lowest BCUT2D eigenvalue weighted by atomic mass is 10.2. The molecule has 0 aliphatic rings. The van der Waals surface area contributed by atoms with E-state index in [-0.39, 0.29) is 5.56 Å². The Morgan fingerprint density at radius 3 is 2.86 bits per heavy atom. The van der Waals surface area contributed by atoms with E-state index in [1.165, 1.54) is 4.68 Å². The highest BCUT2D eigenvalue weighted by Gasteiger charge is 2.20. The second kappa shape index (κ2) is 6.05. The molecular formula is C14H16ClN3O3. The number of carboxylic acids is 1. The van der Waals surface area contributed by atoms with Crippen molar-refractivity contribution in [3.63, 3.8) is 0 Å². The molecule has 0 fully saturated rings. The van der Waals surface area contributed by atoms with E-state index < -0.39 is 5.97 Å². The molecular weight excluding hydrogens is 294 g/mol. The van der Waals surface area contributed by atoms with E-state index in [0.717, 1.165) is 5.56 Å². The molecule has 2 aromatic rings. The number of nitrogens with one attached hydrogen (secondary N) is 1. The van der Waals surface area contributed by atoms with Gasteiger partial charge in [-0.05, 0) is 19.1 Å². The normalized spacial score (nSPS) is 10.5. The van der Waals surface area contributed by atoms with Crippen LogP contribution in [0.3, 0.4) is 0 Å². The van der Waals surface area contributed by atoms with Gasteiger partial charge in [0.15, 0.2) is 0 Å². The minimum Gasteiger partial charge on any atom is -0.496 e. The quantitative estimate of drug-likeness (QED) is 0.888. The molecule has 0 bridgehead atoms. The van der Waals surface area contributed by atoms with Crippen LogP contribution in [0.4, 0.5) is 5.82 Å². The number of hydrogen-bond donors (Lipinski definition) is 2. The maximum Gasteiger partial charge on any atom is 0.341 e. The van der Waals surface area contributed by atoms with Crippen LogP contribution in [0.1, 0.15) is 21.6 Å². The Balaban J connectivity index is 2.31. The summed E-state index contributed by atoms with van der Waals surface area (Å²) in [5.74, 6) is 0.0574. The molecule has 0 amide bonds. The van der Waals surface area contributed by atoms with Crippen molar-refractivity contribution in [2.24, 2.45) is 7.05 Å². The first-order chi connectivity index (χ1) is 9.95. The summed E-state index contributed by atoms with van der Waals surface area (Å²) < 4.78 is 6.77. The Morgan fingerprint density at radius 1 is 1.52 bits per heavy atom. The molecule has 0 aliphatic heterocycles. The van der Waals surface area contributed by atoms with Crippen molar-refractivity contribution in [2.45, 2.75) is 13.5 Å². The second-order valence-corrected chi connectivity index (χ2v) is 4.92. The fourth-order valence-electron chi connectivity index (χ4n) is 2.19. The van der Waals surface area contributed by atoms with Crippen LogP contribution in [0.5, 0.6) is 5.75 Å². The molecule has 0 spiro atoms. The molecule has 2 rings (SSSR count). The number of hydrogen-bond acceptors (Lipinski definition) is 4. The summed E-state index contributed by atoms with van der Waals surface area (Å²) in [4.78, 5) is 11.3. The molecule has 0 saturated carbocycles. The number of ether oxygens (including phenoxy) is 1. The monoisotopic (exact) mass is 309 g/mol. The van der Waals surface area contributed by atoms with Gasteiger partial charge in [0, 0.05) is 24.2 Å². The van der Waals surface area contributed by atoms with Crippen molar-refractivity contribution in [2.75, 3.05) is 12.4 Å². The molecule has 0 saturated heterocycles. The lowest BCUT2D eigenvalue weighted by Gasteiger charge is -2.13. The van der Waals surface area contributed by atoms with E-state index in [4.69, 9.17) is 16.3 Å². The highest BCUT2D eigenvalue weighted by Crippen LogP contribution is 2.28. The van der Waals surface area contributed by atoms with Crippen LogP contribution in [0, 0.1) is 6.92 Å². The topological polar surface area (TPSA) is 76.4 Å². The Labute approximate surface area is 127 Å². The maximum absolute atomic E-state index is 11.3. The zero-order valence-electron chi connectivity index (χ0n) is 12.0. The highest BCUT2D eigenvalue weighted by molar-refractivity contribution is 6.31. The van der Waals surface area contributed by atoms with Crippen LogP contribution in [-0.2, 0) is 13.6 Å². The zero-order chi connectivity index (χ0) is 15.6. The molecule has 21 heavy (non-hydrogen) atoms. The SMILES string of the molecule is COc1cccc(Cl)c1CNc1c(C(=O)O)c(C)nn1C. The molecule has 1 aromatic carbocycles. The summed E-state index contributed by atoms with van der Waals surface area (Å²) in [5.41, 5.74) is 1.37. The van der Waals surface area contributed by atoms with Crippen molar-refractivity contribution in [1.29, 1.82) is 0 Å². The van der Waals surface area contributed by atoms with Crippen LogP contribution in [0.25, 0.3) is 0 Å². The van der Waals surface area contributed by atoms with Gasteiger partial charge in [0.25, 0.3) is 0 Å². The first-order valence-electron chi connectivity index (χ1n) is 6.27. The fraction of sp³-hybridized carbons (Fsp3) is 0.286. The standard InChI is InChI=1S/C14H16ClN3O3/c1-8-12(14(19)20)13(18(2)17-8)16-7-9-10(15)5-4-6-11(9)21-3/h4-6,16H,7H2,1-3H3,(H,19,20). The van der Waals surface area contributed by atoms with Gasteiger partial charge >= 0.3 is 5.97 Å². The fourth-order valence-corrected chi connectivity index (χ4v) is 2.42. The van der Waals surface area contributed by atoms with Crippen LogP contribution in [0.15, 0.2) is 18.2 Å². The molecule has 0 radical (unpaired) electrons. The molecule has 6 nitrogen and oxygen atoms in total. The van der Waals surface area contributed by atoms with Crippen molar-refractivity contribution in [1.82, 2.24) is 9.78 Å². The molecule has 0 atom stereocenters. The first kappa shape index (κ1) is 15.2. The van der Waals surface area contributed by atoms with Gasteiger partial charge in [-0.15, -0.1) is 0 Å². The molecule has 1 aromatic heterocycles. The van der Waals surface area contributed by atoms with E-state index in [2.05, 4.69) is 10.4 Å². The predicted molar refractivity (Wildman–Crippen MR) is 80.2 cm³/mol. The number of anilines is 1. The van der Waals surface area contributed by atoms with Gasteiger partial charge in [-0.3, -0.25) is 4.68 Å². The first-order valence-corrected chi connectivity index (χ1v) is 6.65. The predicted octanol–water partition coefficient (Wildman–Crippen LogP) is 2.70. The second-order valence-electron chi connectivity index (χ2n) is 4.51. The zero-order valence-corrected chi connectivity index (χ0v) is 12.7. The molecule has 1 heterocycles. The number of nitrogens with zero attached hydrogens (tertiary/aromatic N) is 2. The largest absolute Gasteiger partial charge is 0.496 e. The van der Waals surface area contributed by atoms with Gasteiger partial charge in [-0.25, -0.2) is 4.79 Å². The number of rotatable bonds is 5. The van der Waals surface area contributed by atoms with Crippen LogP contribution >= 0.6 is 11.6 Å². The third-order valence-corrected chi connectivity index (χ3v) is 3.52. The van der Waals surface area contributed by atoms with Crippen LogP contribution < -0.4 is 10.1 Å². The van der Waals surface area contributed by atoms with Crippen molar-refractivity contribution >= 4 is 23.4 Å². The summed E-state index contributed by atoms with van der Waals surface area (Å²) >= 11 is 6.16. The lowest BCUT2D eigenvalue weighted by molar-refractivity contribution is 0.0697. The average Bonchev–Trinajstić information content (AvgIpc) is 2.71. The van der Waals surface area contributed by atoms with Crippen molar-refractivity contribution in [3.05, 3.63) is 40.0 Å². The van der Waals surface area contributed by atoms with E-state index in [1.54, 1.807) is 39.3 Å². The summed E-state index contributed by atoms with van der Waals surface area (Å²) in [7, 11) is 3.25. The van der Waals surface area contributed by atoms with Crippen molar-refractivity contribution in [3.8, 4) is 5.75 Å². The Hall–Kier alpha value is -2.21. The van der Waals surface area contributed by atoms with E-state index in [9.17, 15) is 9.90 Å². The summed E-state index contributed by atoms with van der Waals surface area (Å²) in [6.45, 7) is 1.99. The van der Waals surface area contributed by atoms with Gasteiger partial charge in [0.05, 0.1) is 12.8 Å². The van der Waals surface area contributed by atoms with E-state index >= 15 is 0 Å². The molecule has 2 N–H and O–H groups in total.